The number of carbonyl (C=O) groups excluding carboxylic acids is 2. The summed E-state index contributed by atoms with van der Waals surface area (Å²) in [6.45, 7) is 1.59. The summed E-state index contributed by atoms with van der Waals surface area (Å²) in [5.41, 5.74) is 1.91. The lowest BCUT2D eigenvalue weighted by atomic mass is 9.99. The van der Waals surface area contributed by atoms with E-state index in [0.29, 0.717) is 22.2 Å². The third-order valence-electron chi connectivity index (χ3n) is 5.47. The fourth-order valence-electron chi connectivity index (χ4n) is 3.95. The zero-order valence-corrected chi connectivity index (χ0v) is 18.0. The number of amides is 2. The van der Waals surface area contributed by atoms with Crippen molar-refractivity contribution in [1.29, 1.82) is 0 Å². The largest absolute Gasteiger partial charge is 0.468 e. The molecule has 9 heteroatoms. The summed E-state index contributed by atoms with van der Waals surface area (Å²) in [6.07, 6.45) is 1.57. The van der Waals surface area contributed by atoms with Crippen LogP contribution < -0.4 is 15.0 Å². The van der Waals surface area contributed by atoms with Gasteiger partial charge in [-0.2, -0.15) is 0 Å². The molecule has 0 spiro atoms. The first-order valence-corrected chi connectivity index (χ1v) is 10.7. The quantitative estimate of drug-likeness (QED) is 0.570. The van der Waals surface area contributed by atoms with Crippen LogP contribution in [0.1, 0.15) is 17.2 Å². The number of rotatable bonds is 4. The first kappa shape index (κ1) is 20.3. The number of nitrogens with zero attached hydrogens (tertiary/aromatic N) is 2. The second-order valence-electron chi connectivity index (χ2n) is 7.31. The highest BCUT2D eigenvalue weighted by Crippen LogP contribution is 2.51. The van der Waals surface area contributed by atoms with E-state index >= 15 is 4.39 Å². The zero-order chi connectivity index (χ0) is 22.4. The van der Waals surface area contributed by atoms with E-state index in [1.54, 1.807) is 49.5 Å². The molecule has 0 saturated carbocycles. The molecule has 2 aliphatic rings. The molecule has 5 rings (SSSR count). The van der Waals surface area contributed by atoms with Crippen LogP contribution in [0.5, 0.6) is 11.5 Å². The molecule has 2 amide bonds. The fraction of sp³-hybridized carbons (Fsp3) is 0.174. The lowest BCUT2D eigenvalue weighted by Crippen LogP contribution is -2.47. The van der Waals surface area contributed by atoms with Crippen molar-refractivity contribution in [1.82, 2.24) is 10.3 Å². The van der Waals surface area contributed by atoms with Gasteiger partial charge in [0.05, 0.1) is 24.5 Å². The number of benzene rings is 2. The summed E-state index contributed by atoms with van der Waals surface area (Å²) in [6, 6.07) is 12.7. The van der Waals surface area contributed by atoms with Crippen LogP contribution in [0, 0.1) is 12.7 Å². The predicted molar refractivity (Wildman–Crippen MR) is 117 cm³/mol. The van der Waals surface area contributed by atoms with Crippen molar-refractivity contribution in [3.05, 3.63) is 71.7 Å². The number of esters is 1. The lowest BCUT2D eigenvalue weighted by Gasteiger charge is -2.34. The van der Waals surface area contributed by atoms with Crippen molar-refractivity contribution in [2.45, 2.75) is 23.2 Å². The molecule has 0 fully saturated rings. The van der Waals surface area contributed by atoms with Crippen LogP contribution in [-0.2, 0) is 9.53 Å². The molecule has 3 heterocycles. The first-order valence-electron chi connectivity index (χ1n) is 9.85. The summed E-state index contributed by atoms with van der Waals surface area (Å²) < 4.78 is 25.8. The molecule has 1 N–H and O–H groups in total. The minimum atomic E-state index is -0.630. The number of ether oxygens (including phenoxy) is 2. The van der Waals surface area contributed by atoms with Crippen LogP contribution in [0.2, 0.25) is 0 Å². The van der Waals surface area contributed by atoms with E-state index < -0.39 is 29.1 Å². The topological polar surface area (TPSA) is 80.8 Å². The van der Waals surface area contributed by atoms with Gasteiger partial charge in [-0.3, -0.25) is 9.69 Å². The first-order chi connectivity index (χ1) is 15.5. The molecule has 7 nitrogen and oxygen atoms in total. The third kappa shape index (κ3) is 3.16. The van der Waals surface area contributed by atoms with E-state index in [0.717, 1.165) is 5.56 Å². The van der Waals surface area contributed by atoms with Crippen molar-refractivity contribution in [2.24, 2.45) is 0 Å². The molecule has 0 aliphatic carbocycles. The molecule has 2 atom stereocenters. The van der Waals surface area contributed by atoms with Crippen molar-refractivity contribution in [2.75, 3.05) is 12.0 Å². The second-order valence-corrected chi connectivity index (χ2v) is 8.44. The highest BCUT2D eigenvalue weighted by molar-refractivity contribution is 8.01. The van der Waals surface area contributed by atoms with Gasteiger partial charge in [0.15, 0.2) is 11.6 Å². The van der Waals surface area contributed by atoms with Gasteiger partial charge in [-0.05, 0) is 37.3 Å². The summed E-state index contributed by atoms with van der Waals surface area (Å²) in [7, 11) is 1.31. The van der Waals surface area contributed by atoms with E-state index in [4.69, 9.17) is 9.47 Å². The average Bonchev–Trinajstić information content (AvgIpc) is 3.18. The highest BCUT2D eigenvalue weighted by Gasteiger charge is 2.47. The molecule has 2 aromatic carbocycles. The Kier molecular flexibility index (Phi) is 4.97. The summed E-state index contributed by atoms with van der Waals surface area (Å²) in [5, 5.41) is 2.86. The van der Waals surface area contributed by atoms with Crippen molar-refractivity contribution in [3.8, 4) is 11.5 Å². The van der Waals surface area contributed by atoms with Gasteiger partial charge in [-0.1, -0.05) is 30.0 Å². The van der Waals surface area contributed by atoms with Crippen LogP contribution in [0.4, 0.5) is 20.6 Å². The Morgan fingerprint density at radius 2 is 1.94 bits per heavy atom. The summed E-state index contributed by atoms with van der Waals surface area (Å²) in [4.78, 5) is 31.1. The van der Waals surface area contributed by atoms with Gasteiger partial charge in [-0.25, -0.2) is 14.2 Å². The number of aromatic nitrogens is 1. The molecule has 0 radical (unpaired) electrons. The number of para-hydroxylation sites is 1. The number of methoxy groups -OCH3 is 1. The van der Waals surface area contributed by atoms with E-state index in [2.05, 4.69) is 10.3 Å². The average molecular weight is 451 g/mol. The van der Waals surface area contributed by atoms with Gasteiger partial charge in [0.1, 0.15) is 16.0 Å². The lowest BCUT2D eigenvalue weighted by molar-refractivity contribution is -0.140. The second kappa shape index (κ2) is 7.83. The number of nitrogens with one attached hydrogen (secondary N) is 1. The standard InChI is InChI=1S/C23H18FN3O4S/c1-12-14(8-9-16(18(12)24)31-13-6-4-3-5-7-13)27-15-10-11-25-21-17(15)19(26-23(27)29)20(32-21)22(28)30-2/h3-11,19-20H,1-2H3,(H,26,29). The number of thioether (sulfide) groups is 1. The SMILES string of the molecule is COC(=O)C1Sc2nccc3c2C1NC(=O)N3c1ccc(Oc2ccccc2)c(F)c1C. The molecular weight excluding hydrogens is 433 g/mol. The molecule has 3 aromatic rings. The minimum absolute atomic E-state index is 0.0639. The van der Waals surface area contributed by atoms with Crippen molar-refractivity contribution >= 4 is 35.1 Å². The Morgan fingerprint density at radius 1 is 1.16 bits per heavy atom. The summed E-state index contributed by atoms with van der Waals surface area (Å²) >= 11 is 1.24. The number of halogens is 1. The van der Waals surface area contributed by atoms with Crippen molar-refractivity contribution in [3.63, 3.8) is 0 Å². The smallest absolute Gasteiger partial charge is 0.327 e. The Hall–Kier alpha value is -3.59. The molecule has 162 valence electrons. The maximum atomic E-state index is 15.2. The van der Waals surface area contributed by atoms with E-state index in [1.807, 2.05) is 6.07 Å². The highest BCUT2D eigenvalue weighted by atomic mass is 32.2. The Balaban J connectivity index is 1.55. The fourth-order valence-corrected chi connectivity index (χ4v) is 5.20. The van der Waals surface area contributed by atoms with Gasteiger partial charge in [-0.15, -0.1) is 0 Å². The Morgan fingerprint density at radius 3 is 2.69 bits per heavy atom. The normalized spacial score (nSPS) is 18.7. The Bertz CT molecular complexity index is 1240. The molecule has 32 heavy (non-hydrogen) atoms. The number of carbonyl (C=O) groups is 2. The number of hydrogen-bond acceptors (Lipinski definition) is 6. The van der Waals surface area contributed by atoms with Gasteiger partial charge >= 0.3 is 12.0 Å². The van der Waals surface area contributed by atoms with Crippen molar-refractivity contribution < 1.29 is 23.5 Å². The third-order valence-corrected chi connectivity index (χ3v) is 6.74. The summed E-state index contributed by atoms with van der Waals surface area (Å²) in [5.74, 6) is -0.430. The Labute approximate surface area is 187 Å². The van der Waals surface area contributed by atoms with Crippen LogP contribution in [0.15, 0.2) is 59.8 Å². The van der Waals surface area contributed by atoms with E-state index in [1.165, 1.54) is 29.8 Å². The number of anilines is 2. The molecule has 2 unspecified atom stereocenters. The van der Waals surface area contributed by atoms with Crippen LogP contribution in [-0.4, -0.2) is 29.3 Å². The number of hydrogen-bond donors (Lipinski definition) is 1. The molecule has 2 aliphatic heterocycles. The van der Waals surface area contributed by atoms with Crippen LogP contribution >= 0.6 is 11.8 Å². The van der Waals surface area contributed by atoms with Crippen LogP contribution in [0.25, 0.3) is 0 Å². The van der Waals surface area contributed by atoms with Gasteiger partial charge in [0.25, 0.3) is 0 Å². The number of urea groups is 1. The molecule has 1 aromatic heterocycles. The number of pyridine rings is 1. The monoisotopic (exact) mass is 451 g/mol. The maximum absolute atomic E-state index is 15.2. The zero-order valence-electron chi connectivity index (χ0n) is 17.2. The predicted octanol–water partition coefficient (Wildman–Crippen LogP) is 4.87. The maximum Gasteiger partial charge on any atom is 0.327 e. The van der Waals surface area contributed by atoms with Crippen LogP contribution in [0.3, 0.4) is 0 Å². The van der Waals surface area contributed by atoms with Gasteiger partial charge in [0, 0.05) is 17.3 Å². The van der Waals surface area contributed by atoms with Gasteiger partial charge in [0.2, 0.25) is 0 Å². The van der Waals surface area contributed by atoms with Gasteiger partial charge < -0.3 is 14.8 Å². The minimum Gasteiger partial charge on any atom is -0.468 e. The molecular formula is C23H18FN3O4S. The van der Waals surface area contributed by atoms with E-state index in [-0.39, 0.29) is 11.3 Å². The van der Waals surface area contributed by atoms with E-state index in [9.17, 15) is 9.59 Å². The molecule has 0 bridgehead atoms. The molecule has 0 saturated heterocycles.